The molecule has 0 aliphatic rings. The van der Waals surface area contributed by atoms with Crippen molar-refractivity contribution in [2.75, 3.05) is 19.8 Å². The minimum Gasteiger partial charge on any atom is -0.490 e. The van der Waals surface area contributed by atoms with Crippen LogP contribution < -0.4 is 19.5 Å². The van der Waals surface area contributed by atoms with Gasteiger partial charge in [0.2, 0.25) is 0 Å². The Morgan fingerprint density at radius 2 is 1.70 bits per heavy atom. The molecule has 1 atom stereocenters. The highest BCUT2D eigenvalue weighted by molar-refractivity contribution is 6.32. The third-order valence-electron chi connectivity index (χ3n) is 3.89. The van der Waals surface area contributed by atoms with E-state index < -0.39 is 0 Å². The van der Waals surface area contributed by atoms with Crippen molar-refractivity contribution in [3.05, 3.63) is 52.5 Å². The second kappa shape index (κ2) is 10.1. The lowest BCUT2D eigenvalue weighted by molar-refractivity contribution is -0.123. The second-order valence-corrected chi connectivity index (χ2v) is 6.49. The van der Waals surface area contributed by atoms with Crippen molar-refractivity contribution in [3.8, 4) is 17.2 Å². The summed E-state index contributed by atoms with van der Waals surface area (Å²) in [5, 5.41) is 3.40. The third-order valence-corrected chi connectivity index (χ3v) is 4.20. The van der Waals surface area contributed by atoms with E-state index in [1.54, 1.807) is 12.1 Å². The monoisotopic (exact) mass is 391 g/mol. The summed E-state index contributed by atoms with van der Waals surface area (Å²) < 4.78 is 16.7. The Bertz CT molecular complexity index is 779. The molecule has 2 rings (SSSR count). The Kier molecular flexibility index (Phi) is 7.80. The molecule has 0 aliphatic heterocycles. The molecule has 0 saturated heterocycles. The Morgan fingerprint density at radius 3 is 2.41 bits per heavy atom. The molecule has 0 bridgehead atoms. The number of halogens is 1. The SMILES string of the molecule is CCOc1ccc([C@H](C)NC(=O)COc2cc(C)ccc2Cl)cc1OCC. The molecule has 2 aromatic carbocycles. The molecular weight excluding hydrogens is 366 g/mol. The van der Waals surface area contributed by atoms with Gasteiger partial charge in [-0.3, -0.25) is 4.79 Å². The largest absolute Gasteiger partial charge is 0.490 e. The molecule has 6 heteroatoms. The molecule has 5 nitrogen and oxygen atoms in total. The number of carbonyl (C=O) groups is 1. The van der Waals surface area contributed by atoms with Gasteiger partial charge in [0.25, 0.3) is 5.91 Å². The molecule has 0 unspecified atom stereocenters. The van der Waals surface area contributed by atoms with Gasteiger partial charge < -0.3 is 19.5 Å². The first-order valence-electron chi connectivity index (χ1n) is 9.02. The fraction of sp³-hybridized carbons (Fsp3) is 0.381. The lowest BCUT2D eigenvalue weighted by atomic mass is 10.1. The highest BCUT2D eigenvalue weighted by Gasteiger charge is 2.14. The molecule has 0 saturated carbocycles. The predicted molar refractivity (Wildman–Crippen MR) is 107 cm³/mol. The van der Waals surface area contributed by atoms with Gasteiger partial charge in [0.05, 0.1) is 24.3 Å². The number of ether oxygens (including phenoxy) is 3. The maximum Gasteiger partial charge on any atom is 0.258 e. The van der Waals surface area contributed by atoms with E-state index in [2.05, 4.69) is 5.32 Å². The van der Waals surface area contributed by atoms with Gasteiger partial charge >= 0.3 is 0 Å². The van der Waals surface area contributed by atoms with Crippen LogP contribution in [-0.4, -0.2) is 25.7 Å². The lowest BCUT2D eigenvalue weighted by Gasteiger charge is -2.18. The van der Waals surface area contributed by atoms with E-state index in [1.165, 1.54) is 0 Å². The summed E-state index contributed by atoms with van der Waals surface area (Å²) in [6, 6.07) is 10.9. The van der Waals surface area contributed by atoms with Gasteiger partial charge in [0.1, 0.15) is 5.75 Å². The number of hydrogen-bond donors (Lipinski definition) is 1. The number of aryl methyl sites for hydroxylation is 1. The van der Waals surface area contributed by atoms with Crippen molar-refractivity contribution < 1.29 is 19.0 Å². The molecule has 27 heavy (non-hydrogen) atoms. The highest BCUT2D eigenvalue weighted by atomic mass is 35.5. The maximum atomic E-state index is 12.2. The maximum absolute atomic E-state index is 12.2. The summed E-state index contributed by atoms with van der Waals surface area (Å²) in [6.45, 7) is 8.67. The molecule has 0 fully saturated rings. The number of rotatable bonds is 9. The van der Waals surface area contributed by atoms with Crippen LogP contribution in [0.3, 0.4) is 0 Å². The molecule has 0 radical (unpaired) electrons. The molecule has 0 aliphatic carbocycles. The summed E-state index contributed by atoms with van der Waals surface area (Å²) in [5.41, 5.74) is 1.94. The summed E-state index contributed by atoms with van der Waals surface area (Å²) in [5.74, 6) is 1.63. The number of benzene rings is 2. The fourth-order valence-electron chi connectivity index (χ4n) is 2.57. The molecule has 0 aromatic heterocycles. The summed E-state index contributed by atoms with van der Waals surface area (Å²) in [4.78, 5) is 12.2. The zero-order valence-electron chi connectivity index (χ0n) is 16.2. The van der Waals surface area contributed by atoms with Gasteiger partial charge in [-0.1, -0.05) is 23.7 Å². The van der Waals surface area contributed by atoms with Gasteiger partial charge in [-0.15, -0.1) is 0 Å². The molecule has 1 N–H and O–H groups in total. The first kappa shape index (κ1) is 20.9. The summed E-state index contributed by atoms with van der Waals surface area (Å²) in [7, 11) is 0. The van der Waals surface area contributed by atoms with Crippen LogP contribution in [0.25, 0.3) is 0 Å². The van der Waals surface area contributed by atoms with E-state index in [-0.39, 0.29) is 18.6 Å². The fourth-order valence-corrected chi connectivity index (χ4v) is 2.74. The van der Waals surface area contributed by atoms with Crippen LogP contribution in [-0.2, 0) is 4.79 Å². The molecular formula is C21H26ClNO4. The van der Waals surface area contributed by atoms with Crippen molar-refractivity contribution in [1.82, 2.24) is 5.32 Å². The molecule has 2 aromatic rings. The van der Waals surface area contributed by atoms with Crippen molar-refractivity contribution in [3.63, 3.8) is 0 Å². The zero-order valence-corrected chi connectivity index (χ0v) is 16.9. The van der Waals surface area contributed by atoms with Crippen LogP contribution in [0.5, 0.6) is 17.2 Å². The zero-order chi connectivity index (χ0) is 19.8. The molecule has 0 heterocycles. The van der Waals surface area contributed by atoms with E-state index in [9.17, 15) is 4.79 Å². The van der Waals surface area contributed by atoms with Gasteiger partial charge in [-0.25, -0.2) is 0 Å². The van der Waals surface area contributed by atoms with Gasteiger partial charge in [0, 0.05) is 0 Å². The minimum absolute atomic E-state index is 0.108. The average Bonchev–Trinajstić information content (AvgIpc) is 2.64. The quantitative estimate of drug-likeness (QED) is 0.673. The predicted octanol–water partition coefficient (Wildman–Crippen LogP) is 4.70. The van der Waals surface area contributed by atoms with Crippen LogP contribution in [0, 0.1) is 6.92 Å². The smallest absolute Gasteiger partial charge is 0.258 e. The minimum atomic E-state index is -0.230. The number of hydrogen-bond acceptors (Lipinski definition) is 4. The normalized spacial score (nSPS) is 11.6. The molecule has 0 spiro atoms. The Morgan fingerprint density at radius 1 is 1.00 bits per heavy atom. The first-order chi connectivity index (χ1) is 12.9. The second-order valence-electron chi connectivity index (χ2n) is 6.08. The third kappa shape index (κ3) is 6.07. The number of carbonyl (C=O) groups excluding carboxylic acids is 1. The summed E-state index contributed by atoms with van der Waals surface area (Å²) >= 11 is 6.09. The van der Waals surface area contributed by atoms with Crippen molar-refractivity contribution in [2.24, 2.45) is 0 Å². The van der Waals surface area contributed by atoms with Crippen LogP contribution in [0.4, 0.5) is 0 Å². The van der Waals surface area contributed by atoms with Gasteiger partial charge in [0.15, 0.2) is 18.1 Å². The van der Waals surface area contributed by atoms with Crippen LogP contribution in [0.1, 0.15) is 37.9 Å². The van der Waals surface area contributed by atoms with E-state index in [4.69, 9.17) is 25.8 Å². The van der Waals surface area contributed by atoms with Crippen molar-refractivity contribution >= 4 is 17.5 Å². The first-order valence-corrected chi connectivity index (χ1v) is 9.40. The summed E-state index contributed by atoms with van der Waals surface area (Å²) in [6.07, 6.45) is 0. The standard InChI is InChI=1S/C21H26ClNO4/c1-5-25-18-10-8-16(12-20(18)26-6-2)15(4)23-21(24)13-27-19-11-14(3)7-9-17(19)22/h7-12,15H,5-6,13H2,1-4H3,(H,23,24)/t15-/m0/s1. The van der Waals surface area contributed by atoms with Crippen LogP contribution in [0.2, 0.25) is 5.02 Å². The van der Waals surface area contributed by atoms with Crippen LogP contribution in [0.15, 0.2) is 36.4 Å². The van der Waals surface area contributed by atoms with Gasteiger partial charge in [-0.2, -0.15) is 0 Å². The van der Waals surface area contributed by atoms with Gasteiger partial charge in [-0.05, 0) is 63.1 Å². The topological polar surface area (TPSA) is 56.8 Å². The van der Waals surface area contributed by atoms with E-state index in [1.807, 2.05) is 52.0 Å². The van der Waals surface area contributed by atoms with Crippen molar-refractivity contribution in [1.29, 1.82) is 0 Å². The van der Waals surface area contributed by atoms with E-state index in [0.717, 1.165) is 11.1 Å². The highest BCUT2D eigenvalue weighted by Crippen LogP contribution is 2.31. The van der Waals surface area contributed by atoms with E-state index in [0.29, 0.717) is 35.5 Å². The number of nitrogens with one attached hydrogen (secondary N) is 1. The lowest BCUT2D eigenvalue weighted by Crippen LogP contribution is -2.31. The average molecular weight is 392 g/mol. The van der Waals surface area contributed by atoms with Crippen molar-refractivity contribution in [2.45, 2.75) is 33.7 Å². The molecule has 146 valence electrons. The van der Waals surface area contributed by atoms with E-state index >= 15 is 0 Å². The van der Waals surface area contributed by atoms with Crippen LogP contribution >= 0.6 is 11.6 Å². The Hall–Kier alpha value is -2.40. The Labute approximate surface area is 165 Å². The number of amides is 1. The Balaban J connectivity index is 1.99. The molecule has 1 amide bonds.